The van der Waals surface area contributed by atoms with E-state index in [1.165, 1.54) is 11.8 Å². The first-order valence-corrected chi connectivity index (χ1v) is 9.91. The number of H-pyrrole nitrogens is 1. The van der Waals surface area contributed by atoms with Crippen molar-refractivity contribution in [1.29, 1.82) is 0 Å². The number of para-hydroxylation sites is 2. The molecular weight excluding hydrogens is 386 g/mol. The molecule has 0 fully saturated rings. The first-order valence-electron chi connectivity index (χ1n) is 8.92. The summed E-state index contributed by atoms with van der Waals surface area (Å²) in [5.74, 6) is 1.26. The molecule has 0 spiro atoms. The summed E-state index contributed by atoms with van der Waals surface area (Å²) in [6.45, 7) is 0. The number of anilines is 1. The molecule has 0 radical (unpaired) electrons. The third-order valence-electron chi connectivity index (χ3n) is 4.03. The molecular formula is C22H17N3O3S. The zero-order chi connectivity index (χ0) is 20.1. The highest BCUT2D eigenvalue weighted by Gasteiger charge is 2.08. The van der Waals surface area contributed by atoms with E-state index in [4.69, 9.17) is 4.74 Å². The average Bonchev–Trinajstić information content (AvgIpc) is 2.73. The van der Waals surface area contributed by atoms with Crippen LogP contribution in [0.3, 0.4) is 0 Å². The Bertz CT molecular complexity index is 1210. The molecule has 0 bridgehead atoms. The highest BCUT2D eigenvalue weighted by atomic mass is 32.2. The molecule has 0 aliphatic heterocycles. The van der Waals surface area contributed by atoms with Crippen molar-refractivity contribution in [3.63, 3.8) is 0 Å². The van der Waals surface area contributed by atoms with Gasteiger partial charge >= 0.3 is 0 Å². The number of thioether (sulfide) groups is 1. The molecule has 0 aliphatic rings. The third kappa shape index (κ3) is 4.83. The van der Waals surface area contributed by atoms with E-state index in [2.05, 4.69) is 15.3 Å². The highest BCUT2D eigenvalue weighted by Crippen LogP contribution is 2.24. The molecule has 4 rings (SSSR count). The van der Waals surface area contributed by atoms with E-state index < -0.39 is 0 Å². The summed E-state index contributed by atoms with van der Waals surface area (Å²) >= 11 is 1.17. The van der Waals surface area contributed by atoms with Crippen LogP contribution in [0.15, 0.2) is 88.8 Å². The second-order valence-electron chi connectivity index (χ2n) is 6.17. The molecule has 3 aromatic carbocycles. The number of ether oxygens (including phenoxy) is 1. The van der Waals surface area contributed by atoms with E-state index in [0.29, 0.717) is 27.5 Å². The molecule has 2 N–H and O–H groups in total. The monoisotopic (exact) mass is 403 g/mol. The number of carbonyl (C=O) groups is 1. The lowest BCUT2D eigenvalue weighted by molar-refractivity contribution is -0.113. The van der Waals surface area contributed by atoms with Crippen LogP contribution in [0.4, 0.5) is 5.69 Å². The SMILES string of the molecule is O=C(CSc1nc2ccccc2c(=O)[nH]1)Nc1cccc(Oc2ccccc2)c1. The van der Waals surface area contributed by atoms with Gasteiger partial charge in [0.2, 0.25) is 5.91 Å². The van der Waals surface area contributed by atoms with Crippen molar-refractivity contribution in [1.82, 2.24) is 9.97 Å². The van der Waals surface area contributed by atoms with Gasteiger partial charge in [0.15, 0.2) is 5.16 Å². The Hall–Kier alpha value is -3.58. The Morgan fingerprint density at radius 1 is 0.966 bits per heavy atom. The zero-order valence-electron chi connectivity index (χ0n) is 15.3. The van der Waals surface area contributed by atoms with Crippen molar-refractivity contribution in [2.75, 3.05) is 11.1 Å². The van der Waals surface area contributed by atoms with Crippen LogP contribution < -0.4 is 15.6 Å². The number of hydrogen-bond acceptors (Lipinski definition) is 5. The van der Waals surface area contributed by atoms with Crippen LogP contribution in [0.1, 0.15) is 0 Å². The predicted molar refractivity (Wildman–Crippen MR) is 115 cm³/mol. The fourth-order valence-corrected chi connectivity index (χ4v) is 3.39. The molecule has 0 atom stereocenters. The third-order valence-corrected chi connectivity index (χ3v) is 4.90. The summed E-state index contributed by atoms with van der Waals surface area (Å²) in [7, 11) is 0. The van der Waals surface area contributed by atoms with Gasteiger partial charge < -0.3 is 15.0 Å². The summed E-state index contributed by atoms with van der Waals surface area (Å²) in [6.07, 6.45) is 0. The van der Waals surface area contributed by atoms with Crippen molar-refractivity contribution in [2.45, 2.75) is 5.16 Å². The molecule has 6 nitrogen and oxygen atoms in total. The average molecular weight is 403 g/mol. The first-order chi connectivity index (χ1) is 14.2. The number of hydrogen-bond donors (Lipinski definition) is 2. The maximum absolute atomic E-state index is 12.3. The summed E-state index contributed by atoms with van der Waals surface area (Å²) in [5, 5.41) is 3.76. The Morgan fingerprint density at radius 3 is 2.59 bits per heavy atom. The second-order valence-corrected chi connectivity index (χ2v) is 7.13. The van der Waals surface area contributed by atoms with Gasteiger partial charge in [-0.15, -0.1) is 0 Å². The van der Waals surface area contributed by atoms with Gasteiger partial charge in [0.25, 0.3) is 5.56 Å². The number of carbonyl (C=O) groups excluding carboxylic acids is 1. The standard InChI is InChI=1S/C22H17N3O3S/c26-20(14-29-22-24-19-12-5-4-11-18(19)21(27)25-22)23-15-7-6-10-17(13-15)28-16-8-2-1-3-9-16/h1-13H,14H2,(H,23,26)(H,24,25,27). The number of benzene rings is 3. The zero-order valence-corrected chi connectivity index (χ0v) is 16.1. The smallest absolute Gasteiger partial charge is 0.259 e. The minimum atomic E-state index is -0.218. The van der Waals surface area contributed by atoms with Gasteiger partial charge in [0.1, 0.15) is 11.5 Å². The van der Waals surface area contributed by atoms with Gasteiger partial charge in [-0.1, -0.05) is 48.2 Å². The van der Waals surface area contributed by atoms with Crippen molar-refractivity contribution < 1.29 is 9.53 Å². The Balaban J connectivity index is 1.39. The lowest BCUT2D eigenvalue weighted by Gasteiger charge is -2.09. The summed E-state index contributed by atoms with van der Waals surface area (Å²) in [5.41, 5.74) is 1.01. The molecule has 7 heteroatoms. The molecule has 0 unspecified atom stereocenters. The van der Waals surface area contributed by atoms with E-state index in [1.54, 1.807) is 30.3 Å². The largest absolute Gasteiger partial charge is 0.457 e. The van der Waals surface area contributed by atoms with E-state index in [0.717, 1.165) is 5.75 Å². The van der Waals surface area contributed by atoms with Crippen molar-refractivity contribution >= 4 is 34.3 Å². The van der Waals surface area contributed by atoms with Crippen LogP contribution >= 0.6 is 11.8 Å². The Kier molecular flexibility index (Phi) is 5.58. The number of nitrogens with one attached hydrogen (secondary N) is 2. The maximum Gasteiger partial charge on any atom is 0.259 e. The van der Waals surface area contributed by atoms with E-state index in [9.17, 15) is 9.59 Å². The lowest BCUT2D eigenvalue weighted by atomic mass is 10.2. The number of nitrogens with zero attached hydrogens (tertiary/aromatic N) is 1. The van der Waals surface area contributed by atoms with Gasteiger partial charge in [-0.3, -0.25) is 9.59 Å². The summed E-state index contributed by atoms with van der Waals surface area (Å²) in [6, 6.07) is 23.7. The molecule has 1 heterocycles. The number of aromatic amines is 1. The lowest BCUT2D eigenvalue weighted by Crippen LogP contribution is -2.15. The van der Waals surface area contributed by atoms with Gasteiger partial charge in [0, 0.05) is 11.8 Å². The molecule has 4 aromatic rings. The van der Waals surface area contributed by atoms with Crippen molar-refractivity contribution in [3.8, 4) is 11.5 Å². The van der Waals surface area contributed by atoms with Crippen molar-refractivity contribution in [2.24, 2.45) is 0 Å². The normalized spacial score (nSPS) is 10.6. The quantitative estimate of drug-likeness (QED) is 0.367. The van der Waals surface area contributed by atoms with Crippen LogP contribution in [0.2, 0.25) is 0 Å². The van der Waals surface area contributed by atoms with Crippen LogP contribution in [0.25, 0.3) is 10.9 Å². The molecule has 29 heavy (non-hydrogen) atoms. The van der Waals surface area contributed by atoms with E-state index >= 15 is 0 Å². The minimum absolute atomic E-state index is 0.116. The Labute approximate surface area is 171 Å². The predicted octanol–water partition coefficient (Wildman–Crippen LogP) is 4.45. The van der Waals surface area contributed by atoms with E-state index in [1.807, 2.05) is 48.5 Å². The molecule has 1 aromatic heterocycles. The van der Waals surface area contributed by atoms with Gasteiger partial charge in [0.05, 0.1) is 16.7 Å². The second kappa shape index (κ2) is 8.62. The molecule has 0 aliphatic carbocycles. The van der Waals surface area contributed by atoms with Crippen molar-refractivity contribution in [3.05, 3.63) is 89.2 Å². The fraction of sp³-hybridized carbons (Fsp3) is 0.0455. The van der Waals surface area contributed by atoms with Crippen LogP contribution in [-0.2, 0) is 4.79 Å². The number of aromatic nitrogens is 2. The van der Waals surface area contributed by atoms with Crippen LogP contribution in [0, 0.1) is 0 Å². The number of fused-ring (bicyclic) bond motifs is 1. The maximum atomic E-state index is 12.3. The molecule has 0 saturated heterocycles. The van der Waals surface area contributed by atoms with Gasteiger partial charge in [-0.05, 0) is 36.4 Å². The Morgan fingerprint density at radius 2 is 1.72 bits per heavy atom. The fourth-order valence-electron chi connectivity index (χ4n) is 2.73. The van der Waals surface area contributed by atoms with E-state index in [-0.39, 0.29) is 17.2 Å². The van der Waals surface area contributed by atoms with Crippen LogP contribution in [-0.4, -0.2) is 21.6 Å². The molecule has 0 saturated carbocycles. The number of rotatable bonds is 6. The van der Waals surface area contributed by atoms with Gasteiger partial charge in [-0.25, -0.2) is 4.98 Å². The van der Waals surface area contributed by atoms with Gasteiger partial charge in [-0.2, -0.15) is 0 Å². The summed E-state index contributed by atoms with van der Waals surface area (Å²) in [4.78, 5) is 31.5. The molecule has 1 amide bonds. The number of amides is 1. The minimum Gasteiger partial charge on any atom is -0.457 e. The summed E-state index contributed by atoms with van der Waals surface area (Å²) < 4.78 is 5.78. The highest BCUT2D eigenvalue weighted by molar-refractivity contribution is 7.99. The topological polar surface area (TPSA) is 84.1 Å². The van der Waals surface area contributed by atoms with Crippen LogP contribution in [0.5, 0.6) is 11.5 Å². The first kappa shape index (κ1) is 18.8. The molecule has 144 valence electrons.